The molecule has 0 unspecified atom stereocenters. The molecule has 0 atom stereocenters. The maximum Gasteiger partial charge on any atom is 0.262 e. The minimum Gasteiger partial charge on any atom is -0.465 e. The third kappa shape index (κ3) is 4.28. The first-order valence-corrected chi connectivity index (χ1v) is 6.57. The Kier molecular flexibility index (Phi) is 4.78. The Balaban J connectivity index is 1.72. The standard InChI is InChI=1S/C14H18N2O3/c17-13(9-8-12-7-4-10-19-12)15-16-14(18)11-5-2-1-3-6-11/h4,7-11H,1-3,5-6H2,(H,15,17)(H,16,18). The number of carbonyl (C=O) groups is 2. The van der Waals surface area contributed by atoms with E-state index in [1.54, 1.807) is 18.2 Å². The van der Waals surface area contributed by atoms with Crippen molar-refractivity contribution in [3.63, 3.8) is 0 Å². The van der Waals surface area contributed by atoms with Gasteiger partial charge in [0.2, 0.25) is 5.91 Å². The maximum absolute atomic E-state index is 11.8. The lowest BCUT2D eigenvalue weighted by atomic mass is 9.89. The Labute approximate surface area is 112 Å². The summed E-state index contributed by atoms with van der Waals surface area (Å²) in [5, 5.41) is 0. The topological polar surface area (TPSA) is 71.3 Å². The second-order valence-electron chi connectivity index (χ2n) is 4.66. The summed E-state index contributed by atoms with van der Waals surface area (Å²) in [7, 11) is 0. The minimum atomic E-state index is -0.374. The number of hydrazine groups is 1. The molecule has 0 aromatic carbocycles. The van der Waals surface area contributed by atoms with Crippen molar-refractivity contribution in [2.75, 3.05) is 0 Å². The Morgan fingerprint density at radius 3 is 2.68 bits per heavy atom. The summed E-state index contributed by atoms with van der Waals surface area (Å²) in [6.45, 7) is 0. The second kappa shape index (κ2) is 6.78. The predicted octanol–water partition coefficient (Wildman–Crippen LogP) is 2.02. The Morgan fingerprint density at radius 2 is 2.00 bits per heavy atom. The van der Waals surface area contributed by atoms with Crippen LogP contribution in [0.25, 0.3) is 6.08 Å². The van der Waals surface area contributed by atoms with E-state index in [-0.39, 0.29) is 17.7 Å². The molecule has 2 rings (SSSR count). The molecule has 0 aliphatic heterocycles. The van der Waals surface area contributed by atoms with Crippen LogP contribution in [0, 0.1) is 5.92 Å². The van der Waals surface area contributed by atoms with Gasteiger partial charge in [-0.1, -0.05) is 19.3 Å². The van der Waals surface area contributed by atoms with Gasteiger partial charge in [0.25, 0.3) is 5.91 Å². The van der Waals surface area contributed by atoms with Crippen LogP contribution >= 0.6 is 0 Å². The highest BCUT2D eigenvalue weighted by molar-refractivity contribution is 5.93. The van der Waals surface area contributed by atoms with Crippen molar-refractivity contribution >= 4 is 17.9 Å². The van der Waals surface area contributed by atoms with Crippen molar-refractivity contribution in [2.45, 2.75) is 32.1 Å². The Morgan fingerprint density at radius 1 is 1.21 bits per heavy atom. The molecule has 0 spiro atoms. The number of amides is 2. The van der Waals surface area contributed by atoms with Gasteiger partial charge in [0, 0.05) is 12.0 Å². The SMILES string of the molecule is O=C(C=Cc1ccco1)NNC(=O)C1CCCCC1. The molecule has 1 aromatic heterocycles. The average molecular weight is 262 g/mol. The van der Waals surface area contributed by atoms with Crippen molar-refractivity contribution in [1.82, 2.24) is 10.9 Å². The Bertz CT molecular complexity index is 445. The number of hydrogen-bond donors (Lipinski definition) is 2. The van der Waals surface area contributed by atoms with Crippen LogP contribution in [0.5, 0.6) is 0 Å². The zero-order valence-electron chi connectivity index (χ0n) is 10.7. The molecular formula is C14H18N2O3. The highest BCUT2D eigenvalue weighted by atomic mass is 16.3. The van der Waals surface area contributed by atoms with Gasteiger partial charge in [0.15, 0.2) is 0 Å². The van der Waals surface area contributed by atoms with Gasteiger partial charge in [0.1, 0.15) is 5.76 Å². The van der Waals surface area contributed by atoms with E-state index < -0.39 is 0 Å². The summed E-state index contributed by atoms with van der Waals surface area (Å²) < 4.78 is 5.05. The van der Waals surface area contributed by atoms with Gasteiger partial charge in [0.05, 0.1) is 6.26 Å². The summed E-state index contributed by atoms with van der Waals surface area (Å²) in [4.78, 5) is 23.2. The molecule has 19 heavy (non-hydrogen) atoms. The van der Waals surface area contributed by atoms with E-state index in [9.17, 15) is 9.59 Å². The minimum absolute atomic E-state index is 0.0307. The molecule has 1 aromatic rings. The number of carbonyl (C=O) groups excluding carboxylic acids is 2. The van der Waals surface area contributed by atoms with Gasteiger partial charge < -0.3 is 4.42 Å². The molecule has 5 nitrogen and oxygen atoms in total. The zero-order valence-corrected chi connectivity index (χ0v) is 10.7. The van der Waals surface area contributed by atoms with Gasteiger partial charge >= 0.3 is 0 Å². The smallest absolute Gasteiger partial charge is 0.262 e. The highest BCUT2D eigenvalue weighted by Gasteiger charge is 2.20. The molecule has 5 heteroatoms. The van der Waals surface area contributed by atoms with E-state index in [2.05, 4.69) is 10.9 Å². The van der Waals surface area contributed by atoms with Gasteiger partial charge in [-0.3, -0.25) is 20.4 Å². The van der Waals surface area contributed by atoms with E-state index in [1.807, 2.05) is 0 Å². The van der Waals surface area contributed by atoms with Crippen LogP contribution in [-0.4, -0.2) is 11.8 Å². The van der Waals surface area contributed by atoms with Gasteiger partial charge in [-0.2, -0.15) is 0 Å². The lowest BCUT2D eigenvalue weighted by molar-refractivity contribution is -0.130. The Hall–Kier alpha value is -2.04. The fraction of sp³-hybridized carbons (Fsp3) is 0.429. The summed E-state index contributed by atoms with van der Waals surface area (Å²) in [5.74, 6) is 0.150. The van der Waals surface area contributed by atoms with Crippen LogP contribution in [0.3, 0.4) is 0 Å². The quantitative estimate of drug-likeness (QED) is 0.646. The first kappa shape index (κ1) is 13.4. The summed E-state index contributed by atoms with van der Waals surface area (Å²) >= 11 is 0. The van der Waals surface area contributed by atoms with Gasteiger partial charge in [-0.25, -0.2) is 0 Å². The van der Waals surface area contributed by atoms with Crippen LogP contribution in [0.4, 0.5) is 0 Å². The zero-order chi connectivity index (χ0) is 13.5. The van der Waals surface area contributed by atoms with Crippen molar-refractivity contribution in [3.05, 3.63) is 30.2 Å². The molecule has 1 aliphatic rings. The summed E-state index contributed by atoms with van der Waals surface area (Å²) in [6, 6.07) is 3.48. The highest BCUT2D eigenvalue weighted by Crippen LogP contribution is 2.23. The van der Waals surface area contributed by atoms with Crippen molar-refractivity contribution in [1.29, 1.82) is 0 Å². The van der Waals surface area contributed by atoms with Crippen LogP contribution in [0.15, 0.2) is 28.9 Å². The fourth-order valence-corrected chi connectivity index (χ4v) is 2.18. The van der Waals surface area contributed by atoms with E-state index in [1.165, 1.54) is 18.8 Å². The number of rotatable bonds is 3. The first-order chi connectivity index (χ1) is 9.25. The predicted molar refractivity (Wildman–Crippen MR) is 70.6 cm³/mol. The molecule has 2 amide bonds. The molecule has 2 N–H and O–H groups in total. The molecule has 1 saturated carbocycles. The van der Waals surface area contributed by atoms with E-state index in [0.29, 0.717) is 5.76 Å². The van der Waals surface area contributed by atoms with Crippen molar-refractivity contribution in [2.24, 2.45) is 5.92 Å². The summed E-state index contributed by atoms with van der Waals surface area (Å²) in [5.41, 5.74) is 4.84. The van der Waals surface area contributed by atoms with E-state index in [4.69, 9.17) is 4.42 Å². The van der Waals surface area contributed by atoms with Gasteiger partial charge in [-0.05, 0) is 31.1 Å². The third-order valence-corrected chi connectivity index (χ3v) is 3.23. The van der Waals surface area contributed by atoms with Crippen LogP contribution in [-0.2, 0) is 9.59 Å². The van der Waals surface area contributed by atoms with Crippen molar-refractivity contribution in [3.8, 4) is 0 Å². The van der Waals surface area contributed by atoms with Crippen LogP contribution in [0.2, 0.25) is 0 Å². The lowest BCUT2D eigenvalue weighted by Gasteiger charge is -2.20. The largest absolute Gasteiger partial charge is 0.465 e. The summed E-state index contributed by atoms with van der Waals surface area (Å²) in [6.07, 6.45) is 9.58. The molecule has 0 bridgehead atoms. The molecule has 1 aliphatic carbocycles. The third-order valence-electron chi connectivity index (χ3n) is 3.23. The number of furan rings is 1. The van der Waals surface area contributed by atoms with Gasteiger partial charge in [-0.15, -0.1) is 0 Å². The number of hydrogen-bond acceptors (Lipinski definition) is 3. The fourth-order valence-electron chi connectivity index (χ4n) is 2.18. The number of nitrogens with one attached hydrogen (secondary N) is 2. The monoisotopic (exact) mass is 262 g/mol. The van der Waals surface area contributed by atoms with E-state index >= 15 is 0 Å². The maximum atomic E-state index is 11.8. The second-order valence-corrected chi connectivity index (χ2v) is 4.66. The molecule has 0 saturated heterocycles. The molecule has 1 heterocycles. The molecular weight excluding hydrogens is 244 g/mol. The van der Waals surface area contributed by atoms with Crippen LogP contribution in [0.1, 0.15) is 37.9 Å². The first-order valence-electron chi connectivity index (χ1n) is 6.57. The molecule has 1 fully saturated rings. The normalized spacial score (nSPS) is 16.4. The van der Waals surface area contributed by atoms with Crippen LogP contribution < -0.4 is 10.9 Å². The van der Waals surface area contributed by atoms with Crippen molar-refractivity contribution < 1.29 is 14.0 Å². The molecule has 0 radical (unpaired) electrons. The molecule has 102 valence electrons. The lowest BCUT2D eigenvalue weighted by Crippen LogP contribution is -2.44. The van der Waals surface area contributed by atoms with E-state index in [0.717, 1.165) is 25.7 Å². The average Bonchev–Trinajstić information content (AvgIpc) is 2.96.